The number of nitrogens with zero attached hydrogens (tertiary/aromatic N) is 3. The first-order chi connectivity index (χ1) is 13.4. The molecule has 0 unspecified atom stereocenters. The predicted octanol–water partition coefficient (Wildman–Crippen LogP) is 2.19. The molecule has 0 aliphatic rings. The lowest BCUT2D eigenvalue weighted by Gasteiger charge is -2.12. The fraction of sp³-hybridized carbons (Fsp3) is 0.389. The van der Waals surface area contributed by atoms with Crippen molar-refractivity contribution in [3.05, 3.63) is 36.0 Å². The molecular weight excluding hydrogens is 382 g/mol. The molecule has 1 aromatic heterocycles. The third-order valence-electron chi connectivity index (χ3n) is 3.46. The van der Waals surface area contributed by atoms with Crippen LogP contribution >= 0.6 is 0 Å². The molecule has 2 rings (SSSR count). The van der Waals surface area contributed by atoms with Gasteiger partial charge in [0.2, 0.25) is 21.9 Å². The second-order valence-electron chi connectivity index (χ2n) is 6.08. The van der Waals surface area contributed by atoms with Crippen LogP contribution in [0.5, 0.6) is 5.88 Å². The number of aromatic nitrogens is 2. The zero-order chi connectivity index (χ0) is 20.6. The number of sulfonamides is 1. The quantitative estimate of drug-likeness (QED) is 0.576. The second-order valence-corrected chi connectivity index (χ2v) is 7.85. The summed E-state index contributed by atoms with van der Waals surface area (Å²) < 4.78 is 37.4. The molecule has 0 aliphatic carbocycles. The minimum absolute atomic E-state index is 0.143. The van der Waals surface area contributed by atoms with E-state index in [-0.39, 0.29) is 28.4 Å². The molecule has 150 valence electrons. The SMILES string of the molecule is COCCCNS(=O)(=O)c1ccc(Nc2ncc(C#N)c(OC(C)C)n2)cc1. The van der Waals surface area contributed by atoms with Crippen LogP contribution in [0.2, 0.25) is 0 Å². The normalized spacial score (nSPS) is 11.2. The highest BCUT2D eigenvalue weighted by atomic mass is 32.2. The van der Waals surface area contributed by atoms with Crippen molar-refractivity contribution in [1.29, 1.82) is 5.26 Å². The summed E-state index contributed by atoms with van der Waals surface area (Å²) in [6, 6.07) is 8.16. The van der Waals surface area contributed by atoms with Gasteiger partial charge in [-0.15, -0.1) is 0 Å². The van der Waals surface area contributed by atoms with Crippen molar-refractivity contribution in [1.82, 2.24) is 14.7 Å². The average molecular weight is 405 g/mol. The first-order valence-corrected chi connectivity index (χ1v) is 10.1. The lowest BCUT2D eigenvalue weighted by atomic mass is 10.3. The number of hydrogen-bond donors (Lipinski definition) is 2. The standard InChI is InChI=1S/C18H23N5O4S/c1-13(2)27-17-14(11-19)12-20-18(23-17)22-15-5-7-16(8-6-15)28(24,25)21-9-4-10-26-3/h5-8,12-13,21H,4,9-10H2,1-3H3,(H,20,22,23). The van der Waals surface area contributed by atoms with Crippen molar-refractivity contribution in [2.24, 2.45) is 0 Å². The van der Waals surface area contributed by atoms with E-state index in [0.29, 0.717) is 25.3 Å². The number of anilines is 2. The number of benzene rings is 1. The van der Waals surface area contributed by atoms with Crippen LogP contribution in [0.4, 0.5) is 11.6 Å². The number of nitriles is 1. The Morgan fingerprint density at radius 1 is 1.25 bits per heavy atom. The molecule has 0 radical (unpaired) electrons. The molecule has 9 nitrogen and oxygen atoms in total. The third kappa shape index (κ3) is 6.16. The number of ether oxygens (including phenoxy) is 2. The van der Waals surface area contributed by atoms with Crippen molar-refractivity contribution in [2.75, 3.05) is 25.6 Å². The Kier molecular flexibility index (Phi) is 7.69. The fourth-order valence-electron chi connectivity index (χ4n) is 2.17. The van der Waals surface area contributed by atoms with Gasteiger partial charge in [-0.1, -0.05) is 0 Å². The monoisotopic (exact) mass is 405 g/mol. The molecule has 2 N–H and O–H groups in total. The van der Waals surface area contributed by atoms with Gasteiger partial charge in [0.25, 0.3) is 0 Å². The molecule has 0 amide bonds. The van der Waals surface area contributed by atoms with Crippen LogP contribution in [0.25, 0.3) is 0 Å². The maximum Gasteiger partial charge on any atom is 0.240 e. The van der Waals surface area contributed by atoms with Gasteiger partial charge >= 0.3 is 0 Å². The molecule has 1 aromatic carbocycles. The van der Waals surface area contributed by atoms with Crippen LogP contribution in [-0.2, 0) is 14.8 Å². The first-order valence-electron chi connectivity index (χ1n) is 8.65. The van der Waals surface area contributed by atoms with E-state index >= 15 is 0 Å². The summed E-state index contributed by atoms with van der Waals surface area (Å²) in [5.41, 5.74) is 0.832. The van der Waals surface area contributed by atoms with Gasteiger partial charge in [-0.05, 0) is 44.5 Å². The van der Waals surface area contributed by atoms with E-state index in [1.807, 2.05) is 19.9 Å². The zero-order valence-electron chi connectivity index (χ0n) is 16.0. The van der Waals surface area contributed by atoms with Crippen molar-refractivity contribution in [2.45, 2.75) is 31.3 Å². The molecular formula is C18H23N5O4S. The molecule has 0 spiro atoms. The molecule has 0 aliphatic heterocycles. The largest absolute Gasteiger partial charge is 0.474 e. The summed E-state index contributed by atoms with van der Waals surface area (Å²) in [6.45, 7) is 4.45. The van der Waals surface area contributed by atoms with E-state index in [1.54, 1.807) is 19.2 Å². The molecule has 0 fully saturated rings. The maximum absolute atomic E-state index is 12.2. The van der Waals surface area contributed by atoms with E-state index in [4.69, 9.17) is 14.7 Å². The summed E-state index contributed by atoms with van der Waals surface area (Å²) in [5, 5.41) is 12.1. The lowest BCUT2D eigenvalue weighted by molar-refractivity contribution is 0.196. The van der Waals surface area contributed by atoms with Crippen LogP contribution in [0.1, 0.15) is 25.8 Å². The molecule has 0 atom stereocenters. The number of rotatable bonds is 10. The van der Waals surface area contributed by atoms with Crippen LogP contribution in [0, 0.1) is 11.3 Å². The van der Waals surface area contributed by atoms with Gasteiger partial charge in [0.05, 0.1) is 17.2 Å². The molecule has 0 saturated heterocycles. The fourth-order valence-corrected chi connectivity index (χ4v) is 3.24. The van der Waals surface area contributed by atoms with Gasteiger partial charge in [0, 0.05) is 25.9 Å². The van der Waals surface area contributed by atoms with E-state index in [0.717, 1.165) is 0 Å². The Morgan fingerprint density at radius 2 is 1.96 bits per heavy atom. The van der Waals surface area contributed by atoms with Gasteiger partial charge in [-0.2, -0.15) is 10.2 Å². The zero-order valence-corrected chi connectivity index (χ0v) is 16.8. The summed E-state index contributed by atoms with van der Waals surface area (Å²) in [6.07, 6.45) is 1.82. The third-order valence-corrected chi connectivity index (χ3v) is 4.94. The summed E-state index contributed by atoms with van der Waals surface area (Å²) in [5.74, 6) is 0.428. The van der Waals surface area contributed by atoms with E-state index in [1.165, 1.54) is 18.3 Å². The summed E-state index contributed by atoms with van der Waals surface area (Å²) in [4.78, 5) is 8.43. The van der Waals surface area contributed by atoms with Gasteiger partial charge in [0.15, 0.2) is 0 Å². The lowest BCUT2D eigenvalue weighted by Crippen LogP contribution is -2.25. The first kappa shape index (κ1) is 21.6. The van der Waals surface area contributed by atoms with Crippen molar-refractivity contribution >= 4 is 21.7 Å². The highest BCUT2D eigenvalue weighted by Gasteiger charge is 2.14. The van der Waals surface area contributed by atoms with Crippen LogP contribution in [0.15, 0.2) is 35.4 Å². The van der Waals surface area contributed by atoms with Crippen LogP contribution in [-0.4, -0.2) is 44.8 Å². The smallest absolute Gasteiger partial charge is 0.240 e. The van der Waals surface area contributed by atoms with E-state index in [9.17, 15) is 8.42 Å². The van der Waals surface area contributed by atoms with Crippen LogP contribution < -0.4 is 14.8 Å². The molecule has 1 heterocycles. The highest BCUT2D eigenvalue weighted by Crippen LogP contribution is 2.21. The Labute approximate surface area is 164 Å². The minimum Gasteiger partial charge on any atom is -0.474 e. The summed E-state index contributed by atoms with van der Waals surface area (Å²) >= 11 is 0. The Bertz CT molecular complexity index is 924. The van der Waals surface area contributed by atoms with Gasteiger partial charge in [0.1, 0.15) is 11.6 Å². The molecule has 0 bridgehead atoms. The summed E-state index contributed by atoms with van der Waals surface area (Å²) in [7, 11) is -2.02. The maximum atomic E-state index is 12.2. The number of hydrogen-bond acceptors (Lipinski definition) is 8. The van der Waals surface area contributed by atoms with Crippen LogP contribution in [0.3, 0.4) is 0 Å². The van der Waals surface area contributed by atoms with Crippen molar-refractivity contribution < 1.29 is 17.9 Å². The molecule has 0 saturated carbocycles. The molecule has 28 heavy (non-hydrogen) atoms. The van der Waals surface area contributed by atoms with Gasteiger partial charge in [-0.25, -0.2) is 18.1 Å². The molecule has 10 heteroatoms. The van der Waals surface area contributed by atoms with Crippen molar-refractivity contribution in [3.8, 4) is 11.9 Å². The molecule has 2 aromatic rings. The highest BCUT2D eigenvalue weighted by molar-refractivity contribution is 7.89. The van der Waals surface area contributed by atoms with Gasteiger partial charge in [-0.3, -0.25) is 0 Å². The second kappa shape index (κ2) is 9.98. The number of methoxy groups -OCH3 is 1. The van der Waals surface area contributed by atoms with E-state index in [2.05, 4.69) is 20.0 Å². The van der Waals surface area contributed by atoms with Gasteiger partial charge < -0.3 is 14.8 Å². The average Bonchev–Trinajstić information content (AvgIpc) is 2.65. The van der Waals surface area contributed by atoms with Crippen molar-refractivity contribution in [3.63, 3.8) is 0 Å². The Balaban J connectivity index is 2.09. The topological polar surface area (TPSA) is 126 Å². The van der Waals surface area contributed by atoms with E-state index < -0.39 is 10.0 Å². The minimum atomic E-state index is -3.58. The number of nitrogens with one attached hydrogen (secondary N) is 2. The predicted molar refractivity (Wildman–Crippen MR) is 104 cm³/mol. The Morgan fingerprint density at radius 3 is 2.57 bits per heavy atom. The Hall–Kier alpha value is -2.74.